The highest BCUT2D eigenvalue weighted by Crippen LogP contribution is 2.37. The van der Waals surface area contributed by atoms with Crippen LogP contribution in [0.1, 0.15) is 70.0 Å². The van der Waals surface area contributed by atoms with Crippen molar-refractivity contribution in [3.8, 4) is 28.3 Å². The van der Waals surface area contributed by atoms with E-state index in [1.807, 2.05) is 103 Å². The number of fused-ring (bicyclic) bond motifs is 1. The predicted octanol–water partition coefficient (Wildman–Crippen LogP) is 9.74. The van der Waals surface area contributed by atoms with Crippen LogP contribution in [0.5, 0.6) is 5.75 Å². The van der Waals surface area contributed by atoms with Gasteiger partial charge >= 0.3 is 5.97 Å². The van der Waals surface area contributed by atoms with Crippen molar-refractivity contribution in [2.45, 2.75) is 51.3 Å². The fraction of sp³-hybridized carbons (Fsp3) is 0.195. The van der Waals surface area contributed by atoms with Crippen molar-refractivity contribution in [3.05, 3.63) is 143 Å². The molecule has 246 valence electrons. The normalized spacial score (nSPS) is 13.3. The monoisotopic (exact) mass is 669 g/mol. The van der Waals surface area contributed by atoms with Crippen molar-refractivity contribution in [1.82, 2.24) is 14.9 Å². The Morgan fingerprint density at radius 3 is 2.27 bits per heavy atom. The molecule has 0 atom stereocenters. The van der Waals surface area contributed by atoms with Crippen molar-refractivity contribution >= 4 is 34.5 Å². The first-order valence-corrected chi connectivity index (χ1v) is 17.0. The van der Waals surface area contributed by atoms with Gasteiger partial charge in [0.05, 0.1) is 16.6 Å². The second-order valence-corrected chi connectivity index (χ2v) is 12.9. The van der Waals surface area contributed by atoms with Crippen molar-refractivity contribution in [1.29, 1.82) is 0 Å². The molecule has 0 spiro atoms. The Bertz CT molecular complexity index is 2100. The number of carbonyl (C=O) groups is 2. The third kappa shape index (κ3) is 7.22. The summed E-state index contributed by atoms with van der Waals surface area (Å²) < 4.78 is 8.62. The highest BCUT2D eigenvalue weighted by Gasteiger charge is 2.23. The molecule has 1 amide bonds. The Labute approximate surface area is 290 Å². The van der Waals surface area contributed by atoms with E-state index in [4.69, 9.17) is 21.3 Å². The Kier molecular flexibility index (Phi) is 9.44. The summed E-state index contributed by atoms with van der Waals surface area (Å²) in [5.41, 5.74) is 7.17. The van der Waals surface area contributed by atoms with Crippen LogP contribution in [0.2, 0.25) is 5.02 Å². The molecule has 1 aliphatic rings. The molecule has 6 aromatic rings. The molecule has 0 bridgehead atoms. The number of hydrogen-bond donors (Lipinski definition) is 2. The van der Waals surface area contributed by atoms with E-state index >= 15 is 0 Å². The number of hydrogen-bond acceptors (Lipinski definition) is 4. The number of nitrogens with one attached hydrogen (secondary N) is 1. The van der Waals surface area contributed by atoms with Crippen LogP contribution in [0.15, 0.2) is 115 Å². The number of rotatable bonds is 10. The Morgan fingerprint density at radius 2 is 1.53 bits per heavy atom. The number of nitrogens with zero attached hydrogens (tertiary/aromatic N) is 2. The number of aromatic carboxylic acids is 1. The number of benzene rings is 5. The van der Waals surface area contributed by atoms with Crippen molar-refractivity contribution < 1.29 is 19.4 Å². The lowest BCUT2D eigenvalue weighted by atomic mass is 9.95. The van der Waals surface area contributed by atoms with Crippen LogP contribution in [0.4, 0.5) is 0 Å². The number of carboxylic acid groups (broad SMARTS) is 1. The molecule has 2 N–H and O–H groups in total. The number of aromatic nitrogens is 2. The average Bonchev–Trinajstić information content (AvgIpc) is 3.53. The Hall–Kier alpha value is -5.40. The van der Waals surface area contributed by atoms with Crippen LogP contribution in [0.3, 0.4) is 0 Å². The van der Waals surface area contributed by atoms with E-state index in [-0.39, 0.29) is 18.1 Å². The maximum atomic E-state index is 13.2. The minimum absolute atomic E-state index is 0.159. The zero-order valence-corrected chi connectivity index (χ0v) is 27.7. The first-order chi connectivity index (χ1) is 23.9. The minimum Gasteiger partial charge on any atom is -0.489 e. The lowest BCUT2D eigenvalue weighted by molar-refractivity contribution is 0.0696. The van der Waals surface area contributed by atoms with Gasteiger partial charge in [0, 0.05) is 28.7 Å². The van der Waals surface area contributed by atoms with E-state index < -0.39 is 5.97 Å². The summed E-state index contributed by atoms with van der Waals surface area (Å²) in [5.74, 6) is 0.386. The number of amides is 1. The molecule has 1 fully saturated rings. The summed E-state index contributed by atoms with van der Waals surface area (Å²) in [7, 11) is 0. The summed E-state index contributed by atoms with van der Waals surface area (Å²) in [6.45, 7) is 0.682. The molecule has 1 aliphatic carbocycles. The van der Waals surface area contributed by atoms with Gasteiger partial charge in [0.15, 0.2) is 0 Å². The fourth-order valence-corrected chi connectivity index (χ4v) is 6.78. The molecule has 0 unspecified atom stereocenters. The van der Waals surface area contributed by atoms with Gasteiger partial charge in [-0.05, 0) is 102 Å². The van der Waals surface area contributed by atoms with Gasteiger partial charge in [0.1, 0.15) is 18.2 Å². The third-order valence-electron chi connectivity index (χ3n) is 9.20. The molecule has 7 nitrogen and oxygen atoms in total. The quantitative estimate of drug-likeness (QED) is 0.151. The Morgan fingerprint density at radius 1 is 0.816 bits per heavy atom. The van der Waals surface area contributed by atoms with Gasteiger partial charge in [-0.1, -0.05) is 79.4 Å². The Balaban J connectivity index is 1.15. The second kappa shape index (κ2) is 14.4. The zero-order valence-electron chi connectivity index (χ0n) is 26.9. The summed E-state index contributed by atoms with van der Waals surface area (Å²) in [6, 6.07) is 36.5. The molecule has 7 rings (SSSR count). The molecular formula is C41H36ClN3O4. The standard InChI is InChI=1S/C41H36ClN3O4/c42-33-17-11-28(12-18-33)36-21-15-30(40(46)43-25-27-7-3-1-4-8-27)23-32(36)26-49-35-19-13-29(14-20-35)39-44-37-24-31(41(47)48)16-22-38(37)45(39)34-9-5-2-6-10-34/h1,3-4,7-8,11-24,34H,2,5-6,9-10,25-26H2,(H,43,46)(H,47,48). The van der Waals surface area contributed by atoms with Crippen LogP contribution in [-0.4, -0.2) is 26.5 Å². The van der Waals surface area contributed by atoms with Gasteiger partial charge in [-0.25, -0.2) is 9.78 Å². The van der Waals surface area contributed by atoms with Crippen molar-refractivity contribution in [2.75, 3.05) is 0 Å². The van der Waals surface area contributed by atoms with Crippen LogP contribution in [0.25, 0.3) is 33.5 Å². The van der Waals surface area contributed by atoms with Crippen LogP contribution >= 0.6 is 11.6 Å². The van der Waals surface area contributed by atoms with Gasteiger partial charge in [0.25, 0.3) is 5.91 Å². The van der Waals surface area contributed by atoms with E-state index in [1.165, 1.54) is 6.42 Å². The van der Waals surface area contributed by atoms with Gasteiger partial charge in [0.2, 0.25) is 0 Å². The smallest absolute Gasteiger partial charge is 0.335 e. The molecule has 1 heterocycles. The van der Waals surface area contributed by atoms with Gasteiger partial charge < -0.3 is 19.7 Å². The topological polar surface area (TPSA) is 93.5 Å². The second-order valence-electron chi connectivity index (χ2n) is 12.5. The summed E-state index contributed by atoms with van der Waals surface area (Å²) in [6.07, 6.45) is 5.70. The lowest BCUT2D eigenvalue weighted by Crippen LogP contribution is -2.23. The van der Waals surface area contributed by atoms with E-state index in [0.717, 1.165) is 64.8 Å². The van der Waals surface area contributed by atoms with Gasteiger partial charge in [-0.3, -0.25) is 4.79 Å². The first-order valence-electron chi connectivity index (χ1n) is 16.6. The summed E-state index contributed by atoms with van der Waals surface area (Å²) >= 11 is 6.18. The predicted molar refractivity (Wildman–Crippen MR) is 193 cm³/mol. The summed E-state index contributed by atoms with van der Waals surface area (Å²) in [5, 5.41) is 13.2. The van der Waals surface area contributed by atoms with Crippen LogP contribution < -0.4 is 10.1 Å². The number of carboxylic acids is 1. The van der Waals surface area contributed by atoms with Crippen LogP contribution in [0, 0.1) is 0 Å². The van der Waals surface area contributed by atoms with Crippen molar-refractivity contribution in [3.63, 3.8) is 0 Å². The highest BCUT2D eigenvalue weighted by molar-refractivity contribution is 6.30. The zero-order chi connectivity index (χ0) is 33.7. The maximum Gasteiger partial charge on any atom is 0.335 e. The molecule has 49 heavy (non-hydrogen) atoms. The molecule has 0 aliphatic heterocycles. The van der Waals surface area contributed by atoms with E-state index in [9.17, 15) is 14.7 Å². The SMILES string of the molecule is O=C(O)c1ccc2c(c1)nc(-c1ccc(OCc3cc(C(=O)NCc4ccccc4)ccc3-c3ccc(Cl)cc3)cc1)n2C1CCCCC1. The van der Waals surface area contributed by atoms with E-state index in [0.29, 0.717) is 34.4 Å². The first kappa shape index (κ1) is 32.2. The van der Waals surface area contributed by atoms with Crippen molar-refractivity contribution in [2.24, 2.45) is 0 Å². The largest absolute Gasteiger partial charge is 0.489 e. The summed E-state index contributed by atoms with van der Waals surface area (Å²) in [4.78, 5) is 29.8. The van der Waals surface area contributed by atoms with Gasteiger partial charge in [-0.2, -0.15) is 0 Å². The molecule has 0 radical (unpaired) electrons. The number of carbonyl (C=O) groups excluding carboxylic acids is 1. The lowest BCUT2D eigenvalue weighted by Gasteiger charge is -2.25. The average molecular weight is 670 g/mol. The third-order valence-corrected chi connectivity index (χ3v) is 9.45. The fourth-order valence-electron chi connectivity index (χ4n) is 6.65. The molecule has 1 saturated carbocycles. The minimum atomic E-state index is -0.963. The van der Waals surface area contributed by atoms with Gasteiger partial charge in [-0.15, -0.1) is 0 Å². The number of halogens is 1. The van der Waals surface area contributed by atoms with E-state index in [1.54, 1.807) is 12.1 Å². The molecule has 8 heteroatoms. The van der Waals surface area contributed by atoms with Crippen LogP contribution in [-0.2, 0) is 13.2 Å². The molecule has 0 saturated heterocycles. The van der Waals surface area contributed by atoms with E-state index in [2.05, 4.69) is 9.88 Å². The molecular weight excluding hydrogens is 634 g/mol. The molecule has 5 aromatic carbocycles. The number of imidazole rings is 1. The highest BCUT2D eigenvalue weighted by atomic mass is 35.5. The molecule has 1 aromatic heterocycles. The maximum absolute atomic E-state index is 13.2. The number of ether oxygens (including phenoxy) is 1.